The number of hydrogen-bond donors (Lipinski definition) is 2. The second kappa shape index (κ2) is 5.83. The first-order valence-corrected chi connectivity index (χ1v) is 7.11. The predicted molar refractivity (Wildman–Crippen MR) is 80.1 cm³/mol. The van der Waals surface area contributed by atoms with E-state index < -0.39 is 17.7 Å². The fourth-order valence-electron chi connectivity index (χ4n) is 1.82. The molecule has 2 aromatic rings. The van der Waals surface area contributed by atoms with Crippen molar-refractivity contribution in [1.29, 1.82) is 0 Å². The zero-order valence-electron chi connectivity index (χ0n) is 11.2. The van der Waals surface area contributed by atoms with E-state index in [4.69, 9.17) is 11.6 Å². The van der Waals surface area contributed by atoms with Gasteiger partial charge in [-0.3, -0.25) is 4.79 Å². The number of carboxylic acids is 1. The van der Waals surface area contributed by atoms with Gasteiger partial charge in [-0.15, -0.1) is 11.3 Å². The molecule has 0 spiro atoms. The van der Waals surface area contributed by atoms with Gasteiger partial charge in [0, 0.05) is 4.88 Å². The van der Waals surface area contributed by atoms with Gasteiger partial charge in [0.1, 0.15) is 10.8 Å². The van der Waals surface area contributed by atoms with Gasteiger partial charge in [0.25, 0.3) is 5.91 Å². The maximum absolute atomic E-state index is 13.4. The molecule has 0 aliphatic carbocycles. The van der Waals surface area contributed by atoms with Crippen LogP contribution in [-0.2, 0) is 0 Å². The van der Waals surface area contributed by atoms with Gasteiger partial charge in [-0.05, 0) is 31.5 Å². The lowest BCUT2D eigenvalue weighted by molar-refractivity contribution is 0.0697. The van der Waals surface area contributed by atoms with Gasteiger partial charge < -0.3 is 10.4 Å². The van der Waals surface area contributed by atoms with Gasteiger partial charge in [-0.2, -0.15) is 0 Å². The van der Waals surface area contributed by atoms with E-state index in [-0.39, 0.29) is 21.2 Å². The third-order valence-corrected chi connectivity index (χ3v) is 4.53. The monoisotopic (exact) mass is 327 g/mol. The predicted octanol–water partition coefficient (Wildman–Crippen LogP) is 4.11. The molecule has 0 fully saturated rings. The second-order valence-corrected chi connectivity index (χ2v) is 5.95. The van der Waals surface area contributed by atoms with Gasteiger partial charge in [0.05, 0.1) is 16.1 Å². The summed E-state index contributed by atoms with van der Waals surface area (Å²) in [6.07, 6.45) is 0. The number of aromatic carboxylic acids is 1. The van der Waals surface area contributed by atoms with E-state index in [0.29, 0.717) is 5.56 Å². The fourth-order valence-corrected chi connectivity index (χ4v) is 3.08. The van der Waals surface area contributed by atoms with Gasteiger partial charge >= 0.3 is 5.97 Å². The third-order valence-electron chi connectivity index (χ3n) is 3.02. The van der Waals surface area contributed by atoms with Crippen LogP contribution in [0.4, 0.5) is 9.39 Å². The number of thiophene rings is 1. The Hall–Kier alpha value is -1.92. The summed E-state index contributed by atoms with van der Waals surface area (Å²) in [4.78, 5) is 24.2. The molecule has 0 bridgehead atoms. The number of rotatable bonds is 3. The summed E-state index contributed by atoms with van der Waals surface area (Å²) in [5, 5.41) is 11.6. The van der Waals surface area contributed by atoms with Crippen LogP contribution in [0.15, 0.2) is 18.2 Å². The highest BCUT2D eigenvalue weighted by Crippen LogP contribution is 2.33. The van der Waals surface area contributed by atoms with E-state index >= 15 is 0 Å². The van der Waals surface area contributed by atoms with Crippen molar-refractivity contribution in [1.82, 2.24) is 0 Å². The van der Waals surface area contributed by atoms with E-state index in [0.717, 1.165) is 22.3 Å². The molecule has 1 heterocycles. The largest absolute Gasteiger partial charge is 0.478 e. The fraction of sp³-hybridized carbons (Fsp3) is 0.143. The first-order valence-electron chi connectivity index (χ1n) is 5.91. The zero-order valence-corrected chi connectivity index (χ0v) is 12.7. The van der Waals surface area contributed by atoms with E-state index in [1.165, 1.54) is 12.1 Å². The van der Waals surface area contributed by atoms with Crippen LogP contribution >= 0.6 is 22.9 Å². The molecule has 2 rings (SSSR count). The molecule has 0 saturated carbocycles. The molecule has 1 aromatic heterocycles. The van der Waals surface area contributed by atoms with Crippen molar-refractivity contribution < 1.29 is 19.1 Å². The van der Waals surface area contributed by atoms with Gasteiger partial charge in [0.15, 0.2) is 0 Å². The number of halogens is 2. The highest BCUT2D eigenvalue weighted by Gasteiger charge is 2.22. The molecule has 0 aliphatic heterocycles. The van der Waals surface area contributed by atoms with Crippen molar-refractivity contribution >= 4 is 39.8 Å². The summed E-state index contributed by atoms with van der Waals surface area (Å²) < 4.78 is 13.4. The smallest absolute Gasteiger partial charge is 0.338 e. The Kier molecular flexibility index (Phi) is 4.29. The van der Waals surface area contributed by atoms with Crippen molar-refractivity contribution in [2.24, 2.45) is 0 Å². The van der Waals surface area contributed by atoms with Crippen molar-refractivity contribution in [2.75, 3.05) is 5.32 Å². The molecule has 1 aromatic carbocycles. The molecule has 0 saturated heterocycles. The Bertz CT molecular complexity index is 742. The maximum Gasteiger partial charge on any atom is 0.338 e. The van der Waals surface area contributed by atoms with E-state index in [9.17, 15) is 19.1 Å². The van der Waals surface area contributed by atoms with Crippen LogP contribution in [0, 0.1) is 19.7 Å². The Morgan fingerprint density at radius 1 is 1.33 bits per heavy atom. The molecule has 1 amide bonds. The summed E-state index contributed by atoms with van der Waals surface area (Å²) in [5.41, 5.74) is 0.586. The molecule has 2 N–H and O–H groups in total. The third kappa shape index (κ3) is 2.91. The quantitative estimate of drug-likeness (QED) is 0.891. The molecule has 4 nitrogen and oxygen atoms in total. The highest BCUT2D eigenvalue weighted by molar-refractivity contribution is 7.16. The van der Waals surface area contributed by atoms with Crippen molar-refractivity contribution in [3.63, 3.8) is 0 Å². The number of carbonyl (C=O) groups is 2. The Balaban J connectivity index is 2.39. The molecule has 0 unspecified atom stereocenters. The van der Waals surface area contributed by atoms with Crippen molar-refractivity contribution in [3.8, 4) is 0 Å². The first-order chi connectivity index (χ1) is 9.82. The topological polar surface area (TPSA) is 66.4 Å². The lowest BCUT2D eigenvalue weighted by atomic mass is 10.1. The van der Waals surface area contributed by atoms with Crippen LogP contribution in [0.25, 0.3) is 0 Å². The Labute approximate surface area is 129 Å². The van der Waals surface area contributed by atoms with Crippen LogP contribution < -0.4 is 5.32 Å². The number of nitrogens with one attached hydrogen (secondary N) is 1. The second-order valence-electron chi connectivity index (χ2n) is 4.35. The summed E-state index contributed by atoms with van der Waals surface area (Å²) in [5.74, 6) is -2.48. The number of hydrogen-bond acceptors (Lipinski definition) is 3. The molecular formula is C14H11ClFNO3S. The van der Waals surface area contributed by atoms with Crippen LogP contribution in [0.2, 0.25) is 5.02 Å². The zero-order chi connectivity index (χ0) is 15.7. The van der Waals surface area contributed by atoms with Crippen LogP contribution in [-0.4, -0.2) is 17.0 Å². The Morgan fingerprint density at radius 2 is 2.00 bits per heavy atom. The molecule has 110 valence electrons. The molecule has 0 radical (unpaired) electrons. The average Bonchev–Trinajstić information content (AvgIpc) is 2.67. The number of amides is 1. The molecular weight excluding hydrogens is 317 g/mol. The number of aryl methyl sites for hydroxylation is 1. The summed E-state index contributed by atoms with van der Waals surface area (Å²) in [6, 6.07) is 3.87. The van der Waals surface area contributed by atoms with Gasteiger partial charge in [-0.25, -0.2) is 9.18 Å². The van der Waals surface area contributed by atoms with E-state index in [1.807, 2.05) is 0 Å². The molecule has 0 atom stereocenters. The average molecular weight is 328 g/mol. The lowest BCUT2D eigenvalue weighted by Crippen LogP contribution is -2.14. The minimum atomic E-state index is -1.13. The Morgan fingerprint density at radius 3 is 2.62 bits per heavy atom. The number of carboxylic acid groups (broad SMARTS) is 1. The molecule has 7 heteroatoms. The van der Waals surface area contributed by atoms with Gasteiger partial charge in [-0.1, -0.05) is 17.7 Å². The lowest BCUT2D eigenvalue weighted by Gasteiger charge is -2.06. The van der Waals surface area contributed by atoms with E-state index in [1.54, 1.807) is 13.8 Å². The normalized spacial score (nSPS) is 10.5. The SMILES string of the molecule is Cc1sc(NC(=O)c2cccc(F)c2Cl)c(C(=O)O)c1C. The first kappa shape index (κ1) is 15.5. The molecule has 21 heavy (non-hydrogen) atoms. The van der Waals surface area contributed by atoms with Crippen LogP contribution in [0.3, 0.4) is 0 Å². The van der Waals surface area contributed by atoms with Gasteiger partial charge in [0.2, 0.25) is 0 Å². The standard InChI is InChI=1S/C14H11ClFNO3S/c1-6-7(2)21-13(10(6)14(19)20)17-12(18)8-4-3-5-9(16)11(8)15/h3-5H,1-2H3,(H,17,18)(H,19,20). The minimum Gasteiger partial charge on any atom is -0.478 e. The summed E-state index contributed by atoms with van der Waals surface area (Å²) in [6.45, 7) is 3.43. The number of anilines is 1. The highest BCUT2D eigenvalue weighted by atomic mass is 35.5. The van der Waals surface area contributed by atoms with E-state index in [2.05, 4.69) is 5.32 Å². The van der Waals surface area contributed by atoms with Crippen molar-refractivity contribution in [2.45, 2.75) is 13.8 Å². The number of benzene rings is 1. The van der Waals surface area contributed by atoms with Crippen LogP contribution in [0.1, 0.15) is 31.2 Å². The maximum atomic E-state index is 13.4. The van der Waals surface area contributed by atoms with Crippen LogP contribution in [0.5, 0.6) is 0 Å². The molecule has 0 aliphatic rings. The minimum absolute atomic E-state index is 0.0402. The number of carbonyl (C=O) groups excluding carboxylic acids is 1. The summed E-state index contributed by atoms with van der Waals surface area (Å²) >= 11 is 6.90. The summed E-state index contributed by atoms with van der Waals surface area (Å²) in [7, 11) is 0. The van der Waals surface area contributed by atoms with Crippen molar-refractivity contribution in [3.05, 3.63) is 50.6 Å².